The SMILES string of the molecule is CCNC(=NCc1ccc(S(N)(=O)=O)cc1)NCc1ccc(C)cc1OCC1CC1.I. The van der Waals surface area contributed by atoms with Crippen LogP contribution in [0.3, 0.4) is 0 Å². The number of nitrogens with two attached hydrogens (primary N) is 1. The molecule has 2 aromatic rings. The third-order valence-corrected chi connectivity index (χ3v) is 5.79. The van der Waals surface area contributed by atoms with Gasteiger partial charge in [-0.1, -0.05) is 24.3 Å². The number of nitrogens with zero attached hydrogens (tertiary/aromatic N) is 1. The first-order valence-corrected chi connectivity index (χ1v) is 11.8. The van der Waals surface area contributed by atoms with Crippen molar-refractivity contribution in [2.75, 3.05) is 13.2 Å². The molecule has 4 N–H and O–H groups in total. The van der Waals surface area contributed by atoms with Gasteiger partial charge in [-0.3, -0.25) is 0 Å². The molecule has 0 heterocycles. The molecule has 1 aliphatic carbocycles. The zero-order valence-corrected chi connectivity index (χ0v) is 21.1. The summed E-state index contributed by atoms with van der Waals surface area (Å²) in [6, 6.07) is 12.7. The zero-order chi connectivity index (χ0) is 21.6. The summed E-state index contributed by atoms with van der Waals surface area (Å²) in [5.41, 5.74) is 3.15. The minimum atomic E-state index is -3.68. The van der Waals surface area contributed by atoms with Crippen molar-refractivity contribution < 1.29 is 13.2 Å². The molecule has 7 nitrogen and oxygen atoms in total. The van der Waals surface area contributed by atoms with E-state index in [1.165, 1.54) is 30.5 Å². The molecule has 1 saturated carbocycles. The van der Waals surface area contributed by atoms with Gasteiger partial charge in [-0.25, -0.2) is 18.5 Å². The summed E-state index contributed by atoms with van der Waals surface area (Å²) >= 11 is 0. The van der Waals surface area contributed by atoms with Crippen molar-refractivity contribution >= 4 is 40.0 Å². The average molecular weight is 558 g/mol. The summed E-state index contributed by atoms with van der Waals surface area (Å²) in [6.07, 6.45) is 2.52. The molecular weight excluding hydrogens is 527 g/mol. The van der Waals surface area contributed by atoms with Crippen LogP contribution in [0.2, 0.25) is 0 Å². The summed E-state index contributed by atoms with van der Waals surface area (Å²) in [6.45, 7) is 6.59. The first kappa shape index (κ1) is 25.4. The maximum absolute atomic E-state index is 11.4. The molecule has 0 spiro atoms. The van der Waals surface area contributed by atoms with E-state index in [0.29, 0.717) is 25.0 Å². The summed E-state index contributed by atoms with van der Waals surface area (Å²) in [5.74, 6) is 2.30. The molecular formula is C22H31IN4O3S. The van der Waals surface area contributed by atoms with Crippen LogP contribution >= 0.6 is 24.0 Å². The quantitative estimate of drug-likeness (QED) is 0.249. The Morgan fingerprint density at radius 2 is 1.87 bits per heavy atom. The number of sulfonamides is 1. The van der Waals surface area contributed by atoms with Crippen molar-refractivity contribution in [3.63, 3.8) is 0 Å². The maximum atomic E-state index is 11.4. The lowest BCUT2D eigenvalue weighted by Gasteiger charge is -2.15. The van der Waals surface area contributed by atoms with Crippen LogP contribution in [-0.4, -0.2) is 27.5 Å². The van der Waals surface area contributed by atoms with Crippen LogP contribution in [0, 0.1) is 12.8 Å². The smallest absolute Gasteiger partial charge is 0.238 e. The normalized spacial score (nSPS) is 14.0. The molecule has 3 rings (SSSR count). The second-order valence-corrected chi connectivity index (χ2v) is 9.16. The van der Waals surface area contributed by atoms with Crippen molar-refractivity contribution in [1.29, 1.82) is 0 Å². The fourth-order valence-electron chi connectivity index (χ4n) is 2.91. The Morgan fingerprint density at radius 1 is 1.16 bits per heavy atom. The lowest BCUT2D eigenvalue weighted by molar-refractivity contribution is 0.296. The summed E-state index contributed by atoms with van der Waals surface area (Å²) in [4.78, 5) is 4.69. The monoisotopic (exact) mass is 558 g/mol. The van der Waals surface area contributed by atoms with E-state index in [2.05, 4.69) is 40.7 Å². The van der Waals surface area contributed by atoms with E-state index in [1.54, 1.807) is 12.1 Å². The lowest BCUT2D eigenvalue weighted by atomic mass is 10.1. The highest BCUT2D eigenvalue weighted by Crippen LogP contribution is 2.30. The predicted molar refractivity (Wildman–Crippen MR) is 134 cm³/mol. The molecule has 0 bridgehead atoms. The number of primary sulfonamides is 1. The molecule has 1 aliphatic rings. The van der Waals surface area contributed by atoms with Crippen molar-refractivity contribution in [3.8, 4) is 5.75 Å². The van der Waals surface area contributed by atoms with Gasteiger partial charge in [0.25, 0.3) is 0 Å². The standard InChI is InChI=1S/C22H30N4O3S.HI/c1-3-24-22(25-13-17-7-10-20(11-8-17)30(23,27)28)26-14-19-9-4-16(2)12-21(19)29-15-18-5-6-18;/h4,7-12,18H,3,5-6,13-15H2,1-2H3,(H2,23,27,28)(H2,24,25,26);1H. The lowest BCUT2D eigenvalue weighted by Crippen LogP contribution is -2.36. The van der Waals surface area contributed by atoms with Gasteiger partial charge in [-0.2, -0.15) is 0 Å². The van der Waals surface area contributed by atoms with Crippen LogP contribution < -0.4 is 20.5 Å². The summed E-state index contributed by atoms with van der Waals surface area (Å²) < 4.78 is 28.8. The Hall–Kier alpha value is -1.85. The van der Waals surface area contributed by atoms with Gasteiger partial charge in [0.05, 0.1) is 18.0 Å². The molecule has 31 heavy (non-hydrogen) atoms. The van der Waals surface area contributed by atoms with Crippen LogP contribution in [0.25, 0.3) is 0 Å². The predicted octanol–water partition coefficient (Wildman–Crippen LogP) is 3.30. The summed E-state index contributed by atoms with van der Waals surface area (Å²) in [7, 11) is -3.68. The Morgan fingerprint density at radius 3 is 2.48 bits per heavy atom. The molecule has 0 unspecified atom stereocenters. The van der Waals surface area contributed by atoms with E-state index in [-0.39, 0.29) is 28.9 Å². The number of halogens is 1. The summed E-state index contributed by atoms with van der Waals surface area (Å²) in [5, 5.41) is 11.7. The topological polar surface area (TPSA) is 106 Å². The Bertz CT molecular complexity index is 990. The van der Waals surface area contributed by atoms with Gasteiger partial charge in [0.15, 0.2) is 5.96 Å². The highest BCUT2D eigenvalue weighted by atomic mass is 127. The first-order chi connectivity index (χ1) is 14.3. The Kier molecular flexibility index (Phi) is 9.57. The number of benzene rings is 2. The molecule has 0 atom stereocenters. The van der Waals surface area contributed by atoms with Gasteiger partial charge in [0, 0.05) is 18.7 Å². The van der Waals surface area contributed by atoms with Crippen molar-refractivity contribution in [2.45, 2.75) is 44.7 Å². The van der Waals surface area contributed by atoms with Gasteiger partial charge >= 0.3 is 0 Å². The van der Waals surface area contributed by atoms with E-state index >= 15 is 0 Å². The van der Waals surface area contributed by atoms with Crippen LogP contribution in [-0.2, 0) is 23.1 Å². The van der Waals surface area contributed by atoms with Crippen molar-refractivity contribution in [1.82, 2.24) is 10.6 Å². The minimum absolute atomic E-state index is 0. The van der Waals surface area contributed by atoms with Crippen molar-refractivity contribution in [3.05, 3.63) is 59.2 Å². The van der Waals surface area contributed by atoms with Crippen LogP contribution in [0.4, 0.5) is 0 Å². The second-order valence-electron chi connectivity index (χ2n) is 7.60. The third-order valence-electron chi connectivity index (χ3n) is 4.86. The van der Waals surface area contributed by atoms with Gasteiger partial charge in [-0.15, -0.1) is 24.0 Å². The van der Waals surface area contributed by atoms with E-state index in [4.69, 9.17) is 9.88 Å². The van der Waals surface area contributed by atoms with Crippen LogP contribution in [0.5, 0.6) is 5.75 Å². The number of ether oxygens (including phenoxy) is 1. The minimum Gasteiger partial charge on any atom is -0.493 e. The van der Waals surface area contributed by atoms with E-state index in [0.717, 1.165) is 30.0 Å². The molecule has 0 aliphatic heterocycles. The van der Waals surface area contributed by atoms with E-state index < -0.39 is 10.0 Å². The number of hydrogen-bond donors (Lipinski definition) is 3. The number of aryl methyl sites for hydroxylation is 1. The maximum Gasteiger partial charge on any atom is 0.238 e. The molecule has 0 amide bonds. The number of guanidine groups is 1. The number of hydrogen-bond acceptors (Lipinski definition) is 4. The number of aliphatic imine (C=N–C) groups is 1. The zero-order valence-electron chi connectivity index (χ0n) is 17.9. The highest BCUT2D eigenvalue weighted by Gasteiger charge is 2.22. The fourth-order valence-corrected chi connectivity index (χ4v) is 3.43. The Balaban J connectivity index is 0.00000341. The first-order valence-electron chi connectivity index (χ1n) is 10.2. The Labute approximate surface area is 201 Å². The largest absolute Gasteiger partial charge is 0.493 e. The van der Waals surface area contributed by atoms with E-state index in [1.807, 2.05) is 6.92 Å². The molecule has 0 radical (unpaired) electrons. The van der Waals surface area contributed by atoms with Crippen LogP contribution in [0.15, 0.2) is 52.4 Å². The molecule has 170 valence electrons. The molecule has 2 aromatic carbocycles. The average Bonchev–Trinajstić information content (AvgIpc) is 3.53. The van der Waals surface area contributed by atoms with E-state index in [9.17, 15) is 8.42 Å². The van der Waals surface area contributed by atoms with Crippen molar-refractivity contribution in [2.24, 2.45) is 16.0 Å². The number of nitrogens with one attached hydrogen (secondary N) is 2. The molecule has 9 heteroatoms. The second kappa shape index (κ2) is 11.7. The van der Waals surface area contributed by atoms with Gasteiger partial charge in [0.1, 0.15) is 5.75 Å². The van der Waals surface area contributed by atoms with Gasteiger partial charge in [0.2, 0.25) is 10.0 Å². The van der Waals surface area contributed by atoms with Gasteiger partial charge < -0.3 is 15.4 Å². The molecule has 1 fully saturated rings. The number of rotatable bonds is 9. The highest BCUT2D eigenvalue weighted by molar-refractivity contribution is 14.0. The van der Waals surface area contributed by atoms with Gasteiger partial charge in [-0.05, 0) is 61.9 Å². The molecule has 0 saturated heterocycles. The molecule has 0 aromatic heterocycles. The third kappa shape index (κ3) is 8.30. The fraction of sp³-hybridized carbons (Fsp3) is 0.409. The van der Waals surface area contributed by atoms with Crippen LogP contribution in [0.1, 0.15) is 36.5 Å².